The number of hydrogen-bond acceptors (Lipinski definition) is 4. The van der Waals surface area contributed by atoms with Crippen LogP contribution in [0.2, 0.25) is 0 Å². The largest absolute Gasteiger partial charge is 0.383 e. The van der Waals surface area contributed by atoms with Crippen LogP contribution in [0.5, 0.6) is 0 Å². The molecule has 0 atom stereocenters. The molecule has 0 unspecified atom stereocenters. The number of nitrogens with one attached hydrogen (secondary N) is 3. The van der Waals surface area contributed by atoms with Crippen molar-refractivity contribution in [2.75, 3.05) is 25.5 Å². The van der Waals surface area contributed by atoms with Crippen molar-refractivity contribution < 1.29 is 0 Å². The van der Waals surface area contributed by atoms with Gasteiger partial charge >= 0.3 is 0 Å². The molecule has 2 aliphatic rings. The van der Waals surface area contributed by atoms with Crippen LogP contribution < -0.4 is 16.2 Å². The molecule has 1 aliphatic heterocycles. The Bertz CT molecular complexity index is 551. The minimum absolute atomic E-state index is 0.0174. The second-order valence-corrected chi connectivity index (χ2v) is 5.88. The summed E-state index contributed by atoms with van der Waals surface area (Å²) in [5.74, 6) is 0.621. The molecule has 19 heavy (non-hydrogen) atoms. The van der Waals surface area contributed by atoms with E-state index in [1.54, 1.807) is 11.6 Å². The van der Waals surface area contributed by atoms with Crippen molar-refractivity contribution in [2.45, 2.75) is 19.4 Å². The lowest BCUT2D eigenvalue weighted by molar-refractivity contribution is -0.00752. The smallest absolute Gasteiger partial charge is 0.274 e. The molecular formula is C14H20N4O. The highest BCUT2D eigenvalue weighted by Gasteiger charge is 2.48. The SMILES string of the molecule is CNc1c(C=N)ccn(CC2CC3(CNC3)C2)c1=O. The summed E-state index contributed by atoms with van der Waals surface area (Å²) in [4.78, 5) is 12.3. The van der Waals surface area contributed by atoms with Gasteiger partial charge in [0, 0.05) is 44.7 Å². The zero-order valence-electron chi connectivity index (χ0n) is 11.2. The number of aromatic nitrogens is 1. The summed E-state index contributed by atoms with van der Waals surface area (Å²) in [5, 5.41) is 13.5. The van der Waals surface area contributed by atoms with Crippen molar-refractivity contribution in [1.29, 1.82) is 5.41 Å². The van der Waals surface area contributed by atoms with Gasteiger partial charge in [0.05, 0.1) is 0 Å². The minimum atomic E-state index is -0.0174. The molecule has 1 spiro atoms. The molecule has 0 bridgehead atoms. The van der Waals surface area contributed by atoms with Crippen LogP contribution in [0.1, 0.15) is 18.4 Å². The lowest BCUT2D eigenvalue weighted by Crippen LogP contribution is -2.60. The van der Waals surface area contributed by atoms with Crippen molar-refractivity contribution in [3.8, 4) is 0 Å². The van der Waals surface area contributed by atoms with Crippen LogP contribution in [0.3, 0.4) is 0 Å². The highest BCUT2D eigenvalue weighted by Crippen LogP contribution is 2.48. The molecule has 1 aromatic rings. The maximum atomic E-state index is 12.3. The van der Waals surface area contributed by atoms with Crippen molar-refractivity contribution >= 4 is 11.9 Å². The third kappa shape index (κ3) is 1.98. The second-order valence-electron chi connectivity index (χ2n) is 5.88. The normalized spacial score (nSPS) is 20.7. The van der Waals surface area contributed by atoms with Crippen LogP contribution in [-0.2, 0) is 6.54 Å². The molecule has 102 valence electrons. The van der Waals surface area contributed by atoms with E-state index >= 15 is 0 Å². The van der Waals surface area contributed by atoms with Crippen molar-refractivity contribution in [2.24, 2.45) is 11.3 Å². The summed E-state index contributed by atoms with van der Waals surface area (Å²) in [7, 11) is 1.73. The Morgan fingerprint density at radius 2 is 2.32 bits per heavy atom. The average Bonchev–Trinajstić information content (AvgIpc) is 2.32. The highest BCUT2D eigenvalue weighted by atomic mass is 16.1. The fourth-order valence-corrected chi connectivity index (χ4v) is 3.44. The van der Waals surface area contributed by atoms with E-state index < -0.39 is 0 Å². The predicted molar refractivity (Wildman–Crippen MR) is 76.2 cm³/mol. The standard InChI is InChI=1S/C14H20N4O/c1-16-12-11(6-15)2-3-18(13(12)19)7-10-4-14(5-10)8-17-9-14/h2-3,6,10,15-17H,4-5,7-9H2,1H3. The maximum Gasteiger partial charge on any atom is 0.274 e. The average molecular weight is 260 g/mol. The van der Waals surface area contributed by atoms with E-state index in [-0.39, 0.29) is 5.56 Å². The minimum Gasteiger partial charge on any atom is -0.383 e. The van der Waals surface area contributed by atoms with Gasteiger partial charge in [-0.05, 0) is 30.2 Å². The Morgan fingerprint density at radius 1 is 1.58 bits per heavy atom. The first-order valence-electron chi connectivity index (χ1n) is 6.80. The number of pyridine rings is 1. The third-order valence-electron chi connectivity index (χ3n) is 4.50. The molecule has 1 saturated heterocycles. The van der Waals surface area contributed by atoms with Gasteiger partial charge in [0.15, 0.2) is 0 Å². The van der Waals surface area contributed by atoms with E-state index in [9.17, 15) is 4.79 Å². The Labute approximate surface area is 112 Å². The van der Waals surface area contributed by atoms with E-state index in [2.05, 4.69) is 10.6 Å². The first-order chi connectivity index (χ1) is 9.17. The summed E-state index contributed by atoms with van der Waals surface area (Å²) < 4.78 is 1.78. The first kappa shape index (κ1) is 12.4. The van der Waals surface area contributed by atoms with Gasteiger partial charge in [-0.2, -0.15) is 0 Å². The molecule has 5 nitrogen and oxygen atoms in total. The summed E-state index contributed by atoms with van der Waals surface area (Å²) >= 11 is 0. The third-order valence-corrected chi connectivity index (χ3v) is 4.50. The van der Waals surface area contributed by atoms with Crippen LogP contribution in [0.15, 0.2) is 17.1 Å². The Balaban J connectivity index is 1.75. The monoisotopic (exact) mass is 260 g/mol. The predicted octanol–water partition coefficient (Wildman–Crippen LogP) is 0.887. The molecular weight excluding hydrogens is 240 g/mol. The topological polar surface area (TPSA) is 69.9 Å². The van der Waals surface area contributed by atoms with Crippen molar-refractivity contribution in [1.82, 2.24) is 9.88 Å². The number of hydrogen-bond donors (Lipinski definition) is 3. The Morgan fingerprint density at radius 3 is 2.84 bits per heavy atom. The van der Waals surface area contributed by atoms with Crippen LogP contribution in [0, 0.1) is 16.7 Å². The van der Waals surface area contributed by atoms with Crippen LogP contribution in [-0.4, -0.2) is 30.9 Å². The molecule has 0 amide bonds. The lowest BCUT2D eigenvalue weighted by atomic mass is 9.58. The van der Waals surface area contributed by atoms with Crippen molar-refractivity contribution in [3.05, 3.63) is 28.2 Å². The second kappa shape index (κ2) is 4.49. The molecule has 3 rings (SSSR count). The Kier molecular flexibility index (Phi) is 2.93. The molecule has 5 heteroatoms. The van der Waals surface area contributed by atoms with Crippen LogP contribution in [0.4, 0.5) is 5.69 Å². The lowest BCUT2D eigenvalue weighted by Gasteiger charge is -2.54. The van der Waals surface area contributed by atoms with Gasteiger partial charge in [-0.15, -0.1) is 0 Å². The molecule has 0 aromatic carbocycles. The summed E-state index contributed by atoms with van der Waals surface area (Å²) in [6, 6.07) is 1.83. The maximum absolute atomic E-state index is 12.3. The van der Waals surface area contributed by atoms with Gasteiger partial charge in [0.1, 0.15) is 5.69 Å². The number of nitrogens with zero attached hydrogens (tertiary/aromatic N) is 1. The molecule has 1 saturated carbocycles. The van der Waals surface area contributed by atoms with E-state index in [4.69, 9.17) is 5.41 Å². The quantitative estimate of drug-likeness (QED) is 0.704. The van der Waals surface area contributed by atoms with E-state index in [0.717, 1.165) is 19.6 Å². The zero-order valence-corrected chi connectivity index (χ0v) is 11.2. The molecule has 3 N–H and O–H groups in total. The fourth-order valence-electron chi connectivity index (χ4n) is 3.44. The van der Waals surface area contributed by atoms with E-state index in [0.29, 0.717) is 22.6 Å². The fraction of sp³-hybridized carbons (Fsp3) is 0.571. The van der Waals surface area contributed by atoms with Gasteiger partial charge in [0.2, 0.25) is 0 Å². The van der Waals surface area contributed by atoms with Gasteiger partial charge in [-0.25, -0.2) is 0 Å². The highest BCUT2D eigenvalue weighted by molar-refractivity contribution is 5.85. The number of rotatable bonds is 4. The Hall–Kier alpha value is -1.62. The molecule has 0 radical (unpaired) electrons. The van der Waals surface area contributed by atoms with Gasteiger partial charge < -0.3 is 20.6 Å². The van der Waals surface area contributed by atoms with E-state index in [1.165, 1.54) is 19.1 Å². The molecule has 1 aromatic heterocycles. The summed E-state index contributed by atoms with van der Waals surface area (Å²) in [6.45, 7) is 3.09. The molecule has 2 fully saturated rings. The summed E-state index contributed by atoms with van der Waals surface area (Å²) in [6.07, 6.45) is 5.49. The van der Waals surface area contributed by atoms with Crippen LogP contribution >= 0.6 is 0 Å². The van der Waals surface area contributed by atoms with Crippen molar-refractivity contribution in [3.63, 3.8) is 0 Å². The summed E-state index contributed by atoms with van der Waals surface area (Å²) in [5.41, 5.74) is 1.71. The van der Waals surface area contributed by atoms with Gasteiger partial charge in [-0.3, -0.25) is 4.79 Å². The van der Waals surface area contributed by atoms with Gasteiger partial charge in [-0.1, -0.05) is 0 Å². The van der Waals surface area contributed by atoms with Crippen LogP contribution in [0.25, 0.3) is 0 Å². The zero-order chi connectivity index (χ0) is 13.5. The van der Waals surface area contributed by atoms with E-state index in [1.807, 2.05) is 12.3 Å². The number of anilines is 1. The molecule has 2 heterocycles. The first-order valence-corrected chi connectivity index (χ1v) is 6.80. The van der Waals surface area contributed by atoms with Gasteiger partial charge in [0.25, 0.3) is 5.56 Å². The molecule has 1 aliphatic carbocycles.